The van der Waals surface area contributed by atoms with E-state index in [2.05, 4.69) is 4.90 Å². The maximum absolute atomic E-state index is 11.4. The van der Waals surface area contributed by atoms with Crippen molar-refractivity contribution >= 4 is 28.1 Å². The summed E-state index contributed by atoms with van der Waals surface area (Å²) in [4.78, 5) is 2.27. The van der Waals surface area contributed by atoms with Crippen LogP contribution in [0.4, 0.5) is 5.69 Å². The molecule has 1 unspecified atom stereocenters. The molecule has 1 aromatic rings. The van der Waals surface area contributed by atoms with Crippen molar-refractivity contribution in [2.24, 2.45) is 5.73 Å². The molecule has 2 rings (SSSR count). The first-order chi connectivity index (χ1) is 8.56. The summed E-state index contributed by atoms with van der Waals surface area (Å²) in [5.41, 5.74) is 8.26. The second-order valence-electron chi connectivity index (χ2n) is 4.79. The lowest BCUT2D eigenvalue weighted by Gasteiger charge is -2.30. The first-order valence-electron chi connectivity index (χ1n) is 6.20. The van der Waals surface area contributed by atoms with Gasteiger partial charge in [-0.25, -0.2) is 0 Å². The van der Waals surface area contributed by atoms with Crippen molar-refractivity contribution in [3.63, 3.8) is 0 Å². The maximum Gasteiger partial charge on any atom is 0.0426 e. The van der Waals surface area contributed by atoms with E-state index in [-0.39, 0.29) is 6.04 Å². The van der Waals surface area contributed by atoms with Crippen LogP contribution in [0.25, 0.3) is 0 Å². The Balaban J connectivity index is 2.24. The molecule has 1 fully saturated rings. The van der Waals surface area contributed by atoms with E-state index >= 15 is 0 Å². The molecule has 0 aliphatic carbocycles. The molecule has 1 heterocycles. The fraction of sp³-hybridized carbons (Fsp3) is 0.538. The van der Waals surface area contributed by atoms with Gasteiger partial charge in [-0.15, -0.1) is 0 Å². The highest BCUT2D eigenvalue weighted by atomic mass is 35.5. The van der Waals surface area contributed by atoms with Gasteiger partial charge in [-0.05, 0) is 31.0 Å². The molecular formula is C13H19ClN2OS. The first-order valence-corrected chi connectivity index (χ1v) is 8.07. The second kappa shape index (κ2) is 6.04. The Kier molecular flexibility index (Phi) is 4.65. The van der Waals surface area contributed by atoms with Crippen LogP contribution in [0.3, 0.4) is 0 Å². The van der Waals surface area contributed by atoms with Gasteiger partial charge >= 0.3 is 0 Å². The molecule has 100 valence electrons. The highest BCUT2D eigenvalue weighted by Gasteiger charge is 2.18. The molecule has 0 bridgehead atoms. The summed E-state index contributed by atoms with van der Waals surface area (Å²) in [6.07, 6.45) is 0.839. The molecular weight excluding hydrogens is 268 g/mol. The topological polar surface area (TPSA) is 46.3 Å². The lowest BCUT2D eigenvalue weighted by molar-refractivity contribution is 0.672. The number of nitrogens with two attached hydrogens (primary N) is 1. The van der Waals surface area contributed by atoms with Gasteiger partial charge in [0.25, 0.3) is 0 Å². The average molecular weight is 287 g/mol. The van der Waals surface area contributed by atoms with E-state index in [9.17, 15) is 4.21 Å². The zero-order valence-corrected chi connectivity index (χ0v) is 12.1. The molecule has 1 aromatic carbocycles. The van der Waals surface area contributed by atoms with Gasteiger partial charge < -0.3 is 10.6 Å². The summed E-state index contributed by atoms with van der Waals surface area (Å²) in [5.74, 6) is 1.48. The average Bonchev–Trinajstić information content (AvgIpc) is 2.32. The minimum atomic E-state index is -0.657. The Hall–Kier alpha value is -0.580. The number of benzene rings is 1. The lowest BCUT2D eigenvalue weighted by Crippen LogP contribution is -2.38. The van der Waals surface area contributed by atoms with E-state index in [1.54, 1.807) is 0 Å². The van der Waals surface area contributed by atoms with Crippen molar-refractivity contribution < 1.29 is 4.21 Å². The molecule has 1 atom stereocenters. The van der Waals surface area contributed by atoms with Crippen LogP contribution in [0.5, 0.6) is 0 Å². The number of hydrogen-bond donors (Lipinski definition) is 1. The maximum atomic E-state index is 11.4. The number of hydrogen-bond acceptors (Lipinski definition) is 3. The van der Waals surface area contributed by atoms with Gasteiger partial charge in [-0.2, -0.15) is 0 Å². The molecule has 0 radical (unpaired) electrons. The van der Waals surface area contributed by atoms with Crippen LogP contribution in [0.1, 0.15) is 12.5 Å². The first kappa shape index (κ1) is 13.8. The summed E-state index contributed by atoms with van der Waals surface area (Å²) in [6, 6.07) is 6.08. The normalized spacial score (nSPS) is 18.9. The summed E-state index contributed by atoms with van der Waals surface area (Å²) >= 11 is 6.08. The Morgan fingerprint density at radius 3 is 2.72 bits per heavy atom. The van der Waals surface area contributed by atoms with E-state index in [0.717, 1.165) is 41.7 Å². The Morgan fingerprint density at radius 2 is 2.11 bits per heavy atom. The van der Waals surface area contributed by atoms with Crippen LogP contribution in [0.2, 0.25) is 5.02 Å². The van der Waals surface area contributed by atoms with Gasteiger partial charge in [0, 0.05) is 52.1 Å². The number of anilines is 1. The molecule has 0 spiro atoms. The predicted octanol–water partition coefficient (Wildman–Crippen LogP) is 1.80. The van der Waals surface area contributed by atoms with Gasteiger partial charge in [-0.3, -0.25) is 4.21 Å². The summed E-state index contributed by atoms with van der Waals surface area (Å²) in [5, 5.41) is 0.741. The van der Waals surface area contributed by atoms with Gasteiger partial charge in [0.05, 0.1) is 0 Å². The van der Waals surface area contributed by atoms with Crippen LogP contribution >= 0.6 is 11.6 Å². The van der Waals surface area contributed by atoms with Gasteiger partial charge in [0.2, 0.25) is 0 Å². The number of nitrogens with zero attached hydrogens (tertiary/aromatic N) is 1. The largest absolute Gasteiger partial charge is 0.369 e. The smallest absolute Gasteiger partial charge is 0.0426 e. The fourth-order valence-electron chi connectivity index (χ4n) is 2.23. The van der Waals surface area contributed by atoms with Crippen LogP contribution in [-0.4, -0.2) is 34.8 Å². The molecule has 1 saturated heterocycles. The Bertz CT molecular complexity index is 441. The monoisotopic (exact) mass is 286 g/mol. The van der Waals surface area contributed by atoms with Crippen molar-refractivity contribution in [1.82, 2.24) is 0 Å². The Labute approximate surface area is 116 Å². The van der Waals surface area contributed by atoms with Crippen molar-refractivity contribution in [2.45, 2.75) is 19.4 Å². The van der Waals surface area contributed by atoms with Crippen LogP contribution in [0, 0.1) is 0 Å². The zero-order valence-electron chi connectivity index (χ0n) is 10.6. The van der Waals surface area contributed by atoms with E-state index in [1.165, 1.54) is 5.56 Å². The SMILES string of the molecule is CC(N)Cc1ccc(Cl)cc1N1CCS(=O)CC1. The van der Waals surface area contributed by atoms with E-state index in [0.29, 0.717) is 0 Å². The molecule has 3 nitrogen and oxygen atoms in total. The fourth-order valence-corrected chi connectivity index (χ4v) is 3.45. The van der Waals surface area contributed by atoms with Crippen molar-refractivity contribution in [2.75, 3.05) is 29.5 Å². The van der Waals surface area contributed by atoms with Crippen molar-refractivity contribution in [3.8, 4) is 0 Å². The standard InChI is InChI=1S/C13H19ClN2OS/c1-10(15)8-11-2-3-12(14)9-13(11)16-4-6-18(17)7-5-16/h2-3,9-10H,4-8,15H2,1H3. The minimum absolute atomic E-state index is 0.129. The molecule has 1 aliphatic rings. The molecule has 2 N–H and O–H groups in total. The number of halogens is 1. The van der Waals surface area contributed by atoms with E-state index in [1.807, 2.05) is 25.1 Å². The van der Waals surface area contributed by atoms with Gasteiger partial charge in [0.15, 0.2) is 0 Å². The van der Waals surface area contributed by atoms with Crippen molar-refractivity contribution in [3.05, 3.63) is 28.8 Å². The van der Waals surface area contributed by atoms with E-state index < -0.39 is 10.8 Å². The molecule has 0 aromatic heterocycles. The number of rotatable bonds is 3. The minimum Gasteiger partial charge on any atom is -0.369 e. The van der Waals surface area contributed by atoms with Gasteiger partial charge in [-0.1, -0.05) is 17.7 Å². The quantitative estimate of drug-likeness (QED) is 0.922. The third kappa shape index (κ3) is 3.46. The zero-order chi connectivity index (χ0) is 13.1. The van der Waals surface area contributed by atoms with Crippen LogP contribution in [0.15, 0.2) is 18.2 Å². The second-order valence-corrected chi connectivity index (χ2v) is 6.92. The molecule has 0 amide bonds. The summed E-state index contributed by atoms with van der Waals surface area (Å²) < 4.78 is 11.4. The lowest BCUT2D eigenvalue weighted by atomic mass is 10.0. The highest BCUT2D eigenvalue weighted by Crippen LogP contribution is 2.26. The third-order valence-corrected chi connectivity index (χ3v) is 4.62. The highest BCUT2D eigenvalue weighted by molar-refractivity contribution is 7.85. The van der Waals surface area contributed by atoms with E-state index in [4.69, 9.17) is 17.3 Å². The molecule has 0 saturated carbocycles. The third-order valence-electron chi connectivity index (χ3n) is 3.11. The predicted molar refractivity (Wildman–Crippen MR) is 78.9 cm³/mol. The van der Waals surface area contributed by atoms with Crippen LogP contribution in [-0.2, 0) is 17.2 Å². The summed E-state index contributed by atoms with van der Waals surface area (Å²) in [7, 11) is -0.657. The molecule has 5 heteroatoms. The molecule has 18 heavy (non-hydrogen) atoms. The van der Waals surface area contributed by atoms with Crippen LogP contribution < -0.4 is 10.6 Å². The summed E-state index contributed by atoms with van der Waals surface area (Å²) in [6.45, 7) is 3.67. The van der Waals surface area contributed by atoms with Gasteiger partial charge in [0.1, 0.15) is 0 Å². The van der Waals surface area contributed by atoms with Crippen molar-refractivity contribution in [1.29, 1.82) is 0 Å². The Morgan fingerprint density at radius 1 is 1.44 bits per heavy atom. The molecule has 1 aliphatic heterocycles.